The number of nitrogens with zero attached hydrogens (tertiary/aromatic N) is 3. The molecule has 2 atom stereocenters. The van der Waals surface area contributed by atoms with Gasteiger partial charge in [0.05, 0.1) is 29.2 Å². The van der Waals surface area contributed by atoms with Gasteiger partial charge in [-0.15, -0.1) is 0 Å². The minimum atomic E-state index is -4.67. The van der Waals surface area contributed by atoms with Gasteiger partial charge >= 0.3 is 10.4 Å². The first kappa shape index (κ1) is 50.5. The maximum atomic E-state index is 13.9. The van der Waals surface area contributed by atoms with Gasteiger partial charge in [0.1, 0.15) is 32.5 Å². The lowest BCUT2D eigenvalue weighted by molar-refractivity contribution is 0.381. The fourth-order valence-corrected chi connectivity index (χ4v) is 6.90. The molecule has 0 spiro atoms. The van der Waals surface area contributed by atoms with Gasteiger partial charge in [0.15, 0.2) is 0 Å². The van der Waals surface area contributed by atoms with Crippen molar-refractivity contribution >= 4 is 79.8 Å². The van der Waals surface area contributed by atoms with Gasteiger partial charge in [-0.05, 0) is 130 Å². The maximum absolute atomic E-state index is 13.9. The first-order chi connectivity index (χ1) is 26.4. The Bertz CT molecular complexity index is 2310. The quantitative estimate of drug-likeness (QED) is 0.0567. The summed E-state index contributed by atoms with van der Waals surface area (Å²) in [5.74, 6) is -2.45. The van der Waals surface area contributed by atoms with Crippen molar-refractivity contribution in [3.05, 3.63) is 196 Å². The van der Waals surface area contributed by atoms with Crippen LogP contribution in [0.25, 0.3) is 0 Å². The molecule has 2 heterocycles. The fourth-order valence-electron chi connectivity index (χ4n) is 5.26. The Labute approximate surface area is 369 Å². The van der Waals surface area contributed by atoms with Crippen molar-refractivity contribution in [2.24, 2.45) is 10.7 Å². The molecule has 0 aliphatic heterocycles. The van der Waals surface area contributed by atoms with Crippen molar-refractivity contribution in [3.8, 4) is 0 Å². The summed E-state index contributed by atoms with van der Waals surface area (Å²) in [7, 11) is -4.67. The van der Waals surface area contributed by atoms with Crippen LogP contribution in [0.3, 0.4) is 0 Å². The summed E-state index contributed by atoms with van der Waals surface area (Å²) in [6.45, 7) is 0. The van der Waals surface area contributed by atoms with E-state index >= 15 is 0 Å². The van der Waals surface area contributed by atoms with E-state index < -0.39 is 45.8 Å². The highest BCUT2D eigenvalue weighted by Gasteiger charge is 2.20. The molecule has 2 aromatic heterocycles. The zero-order chi connectivity index (χ0) is 41.0. The SMILES string of the molecule is C.C.Fc1cc(F)cc(CC(N=C(c2ccccc2)c2ccccc2)c2nc(Br)ccc2Br)c1.NC(Cc1cc(F)cc(F)c1)c1nc(Br)ccc1Br.O=S(=O)(O)O. The van der Waals surface area contributed by atoms with Gasteiger partial charge in [0.25, 0.3) is 0 Å². The summed E-state index contributed by atoms with van der Waals surface area (Å²) in [5, 5.41) is 0. The van der Waals surface area contributed by atoms with Crippen molar-refractivity contribution in [1.82, 2.24) is 9.97 Å². The lowest BCUT2D eigenvalue weighted by Gasteiger charge is -2.18. The molecule has 4 aromatic carbocycles. The van der Waals surface area contributed by atoms with Crippen LogP contribution < -0.4 is 5.73 Å². The van der Waals surface area contributed by atoms with Crippen LogP contribution in [-0.4, -0.2) is 33.2 Å². The number of hydrogen-bond acceptors (Lipinski definition) is 6. The minimum Gasteiger partial charge on any atom is -0.322 e. The topological polar surface area (TPSA) is 139 Å². The lowest BCUT2D eigenvalue weighted by atomic mass is 9.99. The highest BCUT2D eigenvalue weighted by Crippen LogP contribution is 2.31. The zero-order valence-electron chi connectivity index (χ0n) is 28.7. The van der Waals surface area contributed by atoms with Gasteiger partial charge in [-0.25, -0.2) is 27.5 Å². The molecule has 0 saturated heterocycles. The molecular formula is C41H38Br4F4N4O4S. The van der Waals surface area contributed by atoms with Gasteiger partial charge in [0.2, 0.25) is 0 Å². The van der Waals surface area contributed by atoms with E-state index in [0.29, 0.717) is 38.1 Å². The number of aromatic nitrogens is 2. The smallest absolute Gasteiger partial charge is 0.322 e. The second-order valence-corrected chi connectivity index (χ2v) is 16.0. The van der Waals surface area contributed by atoms with Crippen LogP contribution in [-0.2, 0) is 23.2 Å². The normalized spacial score (nSPS) is 11.6. The van der Waals surface area contributed by atoms with Crippen LogP contribution in [0.2, 0.25) is 0 Å². The summed E-state index contributed by atoms with van der Waals surface area (Å²) >= 11 is 13.6. The molecule has 6 rings (SSSR count). The largest absolute Gasteiger partial charge is 0.394 e. The molecule has 0 aliphatic carbocycles. The van der Waals surface area contributed by atoms with Crippen LogP contribution in [0.4, 0.5) is 17.6 Å². The average molecular weight is 1080 g/mol. The van der Waals surface area contributed by atoms with Crippen molar-refractivity contribution in [2.45, 2.75) is 39.8 Å². The van der Waals surface area contributed by atoms with Crippen molar-refractivity contribution < 1.29 is 35.1 Å². The second kappa shape index (κ2) is 23.8. The summed E-state index contributed by atoms with van der Waals surface area (Å²) in [6, 6.07) is 33.0. The van der Waals surface area contributed by atoms with Crippen molar-refractivity contribution in [1.29, 1.82) is 0 Å². The molecule has 4 N–H and O–H groups in total. The Kier molecular flexibility index (Phi) is 20.7. The monoisotopic (exact) mass is 1070 g/mol. The van der Waals surface area contributed by atoms with E-state index in [0.717, 1.165) is 37.9 Å². The molecule has 0 bridgehead atoms. The van der Waals surface area contributed by atoms with E-state index in [4.69, 9.17) is 28.2 Å². The summed E-state index contributed by atoms with van der Waals surface area (Å²) in [6.07, 6.45) is 0.580. The highest BCUT2D eigenvalue weighted by atomic mass is 79.9. The molecule has 8 nitrogen and oxygen atoms in total. The number of halogens is 8. The van der Waals surface area contributed by atoms with Crippen LogP contribution in [0.1, 0.15) is 60.6 Å². The van der Waals surface area contributed by atoms with E-state index in [1.807, 2.05) is 78.9 Å². The standard InChI is InChI=1S/C26H18Br2F2N2.C13H10Br2F2N2.2CH4.H2O4S/c27-22-11-12-24(28)32-26(22)23(15-17-13-20(29)16-21(30)14-17)31-25(18-7-3-1-4-8-18)19-9-5-2-6-10-19;14-10-1-2-12(15)19-13(10)11(18)5-7-3-8(16)6-9(17)4-7;;;1-5(2,3)4/h1-14,16,23H,15H2;1-4,6,11H,5,18H2;2*1H4;(H2,1,2,3,4). The predicted octanol–water partition coefficient (Wildman–Crippen LogP) is 12.5. The minimum absolute atomic E-state index is 0. The molecule has 0 aliphatic rings. The molecule has 6 aromatic rings. The molecule has 17 heteroatoms. The molecule has 58 heavy (non-hydrogen) atoms. The van der Waals surface area contributed by atoms with E-state index in [1.165, 1.54) is 24.3 Å². The average Bonchev–Trinajstić information content (AvgIpc) is 3.11. The number of nitrogens with two attached hydrogens (primary N) is 1. The Balaban J connectivity index is 0.000000380. The van der Waals surface area contributed by atoms with E-state index in [-0.39, 0.29) is 21.3 Å². The Morgan fingerprint density at radius 1 is 0.603 bits per heavy atom. The number of rotatable bonds is 9. The zero-order valence-corrected chi connectivity index (χ0v) is 35.8. The predicted molar refractivity (Wildman–Crippen MR) is 235 cm³/mol. The van der Waals surface area contributed by atoms with Gasteiger partial charge < -0.3 is 5.73 Å². The van der Waals surface area contributed by atoms with Gasteiger partial charge in [-0.3, -0.25) is 14.1 Å². The van der Waals surface area contributed by atoms with E-state index in [9.17, 15) is 17.6 Å². The Hall–Kier alpha value is -3.68. The molecule has 2 unspecified atom stereocenters. The first-order valence-electron chi connectivity index (χ1n) is 16.1. The van der Waals surface area contributed by atoms with Crippen LogP contribution in [0.5, 0.6) is 0 Å². The number of aliphatic imine (C=N–C) groups is 1. The maximum Gasteiger partial charge on any atom is 0.394 e. The van der Waals surface area contributed by atoms with Gasteiger partial charge in [-0.1, -0.05) is 75.5 Å². The summed E-state index contributed by atoms with van der Waals surface area (Å²) < 4.78 is 88.5. The van der Waals surface area contributed by atoms with E-state index in [1.54, 1.807) is 6.07 Å². The molecular weight excluding hydrogens is 1040 g/mol. The molecule has 0 amide bonds. The lowest BCUT2D eigenvalue weighted by Crippen LogP contribution is -2.16. The van der Waals surface area contributed by atoms with Crippen LogP contribution in [0.15, 0.2) is 144 Å². The second-order valence-electron chi connectivity index (χ2n) is 11.7. The molecule has 308 valence electrons. The number of pyridine rings is 2. The molecule has 0 saturated carbocycles. The van der Waals surface area contributed by atoms with Crippen LogP contribution in [0, 0.1) is 23.3 Å². The molecule has 0 radical (unpaired) electrons. The third kappa shape index (κ3) is 16.9. The third-order valence-electron chi connectivity index (χ3n) is 7.45. The summed E-state index contributed by atoms with van der Waals surface area (Å²) in [5.41, 5.74) is 11.0. The number of hydrogen-bond donors (Lipinski definition) is 3. The summed E-state index contributed by atoms with van der Waals surface area (Å²) in [4.78, 5) is 14.0. The Morgan fingerprint density at radius 3 is 1.38 bits per heavy atom. The van der Waals surface area contributed by atoms with Crippen molar-refractivity contribution in [3.63, 3.8) is 0 Å². The molecule has 0 fully saturated rings. The van der Waals surface area contributed by atoms with Crippen molar-refractivity contribution in [2.75, 3.05) is 0 Å². The highest BCUT2D eigenvalue weighted by molar-refractivity contribution is 9.11. The van der Waals surface area contributed by atoms with Crippen LogP contribution >= 0.6 is 63.7 Å². The Morgan fingerprint density at radius 2 is 0.966 bits per heavy atom. The van der Waals surface area contributed by atoms with E-state index in [2.05, 4.69) is 73.7 Å². The first-order valence-corrected chi connectivity index (χ1v) is 20.7. The third-order valence-corrected chi connectivity index (χ3v) is 9.68. The van der Waals surface area contributed by atoms with Gasteiger partial charge in [-0.2, -0.15) is 8.42 Å². The van der Waals surface area contributed by atoms with Gasteiger partial charge in [0, 0.05) is 38.6 Å². The number of benzene rings is 4. The fraction of sp³-hybridized carbons (Fsp3) is 0.146.